The topological polar surface area (TPSA) is 19.7 Å². The van der Waals surface area contributed by atoms with Crippen molar-refractivity contribution in [2.45, 2.75) is 0 Å². The molecule has 298 valence electrons. The molecular formula is C60H38N4. The van der Waals surface area contributed by atoms with Crippen LogP contribution in [0.15, 0.2) is 231 Å². The van der Waals surface area contributed by atoms with Gasteiger partial charge in [0.2, 0.25) is 0 Å². The fourth-order valence-corrected chi connectivity index (χ4v) is 11.0. The van der Waals surface area contributed by atoms with Crippen LogP contribution < -0.4 is 0 Å². The summed E-state index contributed by atoms with van der Waals surface area (Å²) < 4.78 is 9.80. The van der Waals surface area contributed by atoms with Crippen LogP contribution in [0.4, 0.5) is 0 Å². The SMILES string of the molecule is c1ccc(-n2c3ccccc3c3c4c5ccccc5n(-c5ccccc5-c5ccccc5-n5c6ccccc6c6cc(-n7c8ccccc8c8ccccc87)ccc65)c4ccc32)cc1. The minimum atomic E-state index is 1.14. The second kappa shape index (κ2) is 13.4. The molecule has 0 saturated heterocycles. The van der Waals surface area contributed by atoms with Gasteiger partial charge in [-0.15, -0.1) is 0 Å². The molecule has 0 amide bonds. The lowest BCUT2D eigenvalue weighted by molar-refractivity contribution is 1.15. The van der Waals surface area contributed by atoms with Gasteiger partial charge in [0.1, 0.15) is 0 Å². The summed E-state index contributed by atoms with van der Waals surface area (Å²) in [6, 6.07) is 84.4. The molecule has 14 rings (SSSR count). The van der Waals surface area contributed by atoms with E-state index in [-0.39, 0.29) is 0 Å². The van der Waals surface area contributed by atoms with Gasteiger partial charge in [-0.05, 0) is 84.9 Å². The van der Waals surface area contributed by atoms with Gasteiger partial charge >= 0.3 is 0 Å². The fourth-order valence-electron chi connectivity index (χ4n) is 11.0. The van der Waals surface area contributed by atoms with Gasteiger partial charge in [-0.25, -0.2) is 0 Å². The van der Waals surface area contributed by atoms with Crippen molar-refractivity contribution >= 4 is 87.2 Å². The molecule has 4 heterocycles. The number of hydrogen-bond donors (Lipinski definition) is 0. The Morgan fingerprint density at radius 1 is 0.203 bits per heavy atom. The number of nitrogens with zero attached hydrogens (tertiary/aromatic N) is 4. The second-order valence-electron chi connectivity index (χ2n) is 16.9. The van der Waals surface area contributed by atoms with Crippen molar-refractivity contribution in [1.82, 2.24) is 18.3 Å². The third-order valence-corrected chi connectivity index (χ3v) is 13.6. The predicted octanol–water partition coefficient (Wildman–Crippen LogP) is 15.7. The maximum atomic E-state index is 2.49. The molecule has 0 aliphatic carbocycles. The molecule has 0 saturated carbocycles. The number of rotatable bonds is 5. The van der Waals surface area contributed by atoms with E-state index in [0.29, 0.717) is 0 Å². The number of fused-ring (bicyclic) bond motifs is 13. The quantitative estimate of drug-likeness (QED) is 0.165. The van der Waals surface area contributed by atoms with Crippen molar-refractivity contribution in [1.29, 1.82) is 0 Å². The van der Waals surface area contributed by atoms with Crippen molar-refractivity contribution in [3.63, 3.8) is 0 Å². The zero-order valence-electron chi connectivity index (χ0n) is 34.7. The summed E-state index contributed by atoms with van der Waals surface area (Å²) in [5, 5.41) is 10.0. The lowest BCUT2D eigenvalue weighted by atomic mass is 10.0. The monoisotopic (exact) mass is 814 g/mol. The van der Waals surface area contributed by atoms with E-state index >= 15 is 0 Å². The molecule has 4 nitrogen and oxygen atoms in total. The first kappa shape index (κ1) is 35.0. The lowest BCUT2D eigenvalue weighted by Crippen LogP contribution is -2.01. The molecule has 0 aliphatic heterocycles. The lowest BCUT2D eigenvalue weighted by Gasteiger charge is -2.18. The Morgan fingerprint density at radius 3 is 1.11 bits per heavy atom. The molecule has 0 N–H and O–H groups in total. The molecule has 10 aromatic carbocycles. The van der Waals surface area contributed by atoms with Crippen molar-refractivity contribution < 1.29 is 0 Å². The Morgan fingerprint density at radius 2 is 0.547 bits per heavy atom. The highest BCUT2D eigenvalue weighted by molar-refractivity contribution is 6.29. The van der Waals surface area contributed by atoms with Gasteiger partial charge in [0.05, 0.1) is 55.5 Å². The molecule has 0 bridgehead atoms. The van der Waals surface area contributed by atoms with E-state index in [2.05, 4.69) is 249 Å². The molecule has 0 atom stereocenters. The molecule has 0 radical (unpaired) electrons. The van der Waals surface area contributed by atoms with E-state index in [4.69, 9.17) is 0 Å². The van der Waals surface area contributed by atoms with Crippen molar-refractivity contribution in [3.8, 4) is 33.9 Å². The first-order chi connectivity index (χ1) is 31.8. The zero-order valence-corrected chi connectivity index (χ0v) is 34.7. The predicted molar refractivity (Wildman–Crippen MR) is 269 cm³/mol. The number of aromatic nitrogens is 4. The van der Waals surface area contributed by atoms with Crippen LogP contribution in [0.1, 0.15) is 0 Å². The number of benzene rings is 10. The summed E-state index contributed by atoms with van der Waals surface area (Å²) >= 11 is 0. The van der Waals surface area contributed by atoms with Gasteiger partial charge in [0.15, 0.2) is 0 Å². The highest BCUT2D eigenvalue weighted by atomic mass is 15.0. The molecule has 14 aromatic rings. The third-order valence-electron chi connectivity index (χ3n) is 13.6. The average Bonchev–Trinajstić information content (AvgIpc) is 4.09. The fraction of sp³-hybridized carbons (Fsp3) is 0. The molecule has 0 aliphatic rings. The average molecular weight is 815 g/mol. The Labute approximate surface area is 368 Å². The van der Waals surface area contributed by atoms with Gasteiger partial charge in [-0.1, -0.05) is 146 Å². The van der Waals surface area contributed by atoms with Gasteiger partial charge in [-0.3, -0.25) is 0 Å². The molecule has 0 unspecified atom stereocenters. The van der Waals surface area contributed by atoms with Crippen LogP contribution >= 0.6 is 0 Å². The van der Waals surface area contributed by atoms with E-state index in [9.17, 15) is 0 Å². The molecule has 4 aromatic heterocycles. The molecule has 0 fully saturated rings. The highest BCUT2D eigenvalue weighted by Crippen LogP contribution is 2.45. The number of para-hydroxylation sites is 8. The summed E-state index contributed by atoms with van der Waals surface area (Å²) in [6.07, 6.45) is 0. The smallest absolute Gasteiger partial charge is 0.0549 e. The van der Waals surface area contributed by atoms with Crippen molar-refractivity contribution in [3.05, 3.63) is 231 Å². The first-order valence-corrected chi connectivity index (χ1v) is 22.0. The maximum absolute atomic E-state index is 2.49. The van der Waals surface area contributed by atoms with Crippen molar-refractivity contribution in [2.75, 3.05) is 0 Å². The zero-order chi connectivity index (χ0) is 41.9. The van der Waals surface area contributed by atoms with Crippen LogP contribution in [0.25, 0.3) is 121 Å². The third kappa shape index (κ3) is 4.82. The molecule has 4 heteroatoms. The minimum absolute atomic E-state index is 1.14. The maximum Gasteiger partial charge on any atom is 0.0549 e. The number of hydrogen-bond acceptors (Lipinski definition) is 0. The van der Waals surface area contributed by atoms with Gasteiger partial charge < -0.3 is 18.3 Å². The Kier molecular flexibility index (Phi) is 7.36. The normalized spacial score (nSPS) is 12.1. The first-order valence-electron chi connectivity index (χ1n) is 22.0. The summed E-state index contributed by atoms with van der Waals surface area (Å²) in [5.41, 5.74) is 16.5. The van der Waals surface area contributed by atoms with Crippen LogP contribution in [-0.2, 0) is 0 Å². The van der Waals surface area contributed by atoms with Crippen LogP contribution in [0, 0.1) is 0 Å². The van der Waals surface area contributed by atoms with Crippen LogP contribution in [0.2, 0.25) is 0 Å². The van der Waals surface area contributed by atoms with E-state index in [1.165, 1.54) is 98.4 Å². The van der Waals surface area contributed by atoms with Gasteiger partial charge in [0.25, 0.3) is 0 Å². The second-order valence-corrected chi connectivity index (χ2v) is 16.9. The van der Waals surface area contributed by atoms with Gasteiger partial charge in [0, 0.05) is 65.6 Å². The minimum Gasteiger partial charge on any atom is -0.309 e. The van der Waals surface area contributed by atoms with Crippen LogP contribution in [-0.4, -0.2) is 18.3 Å². The summed E-state index contributed by atoms with van der Waals surface area (Å²) in [5.74, 6) is 0. The Bertz CT molecular complexity index is 4140. The molecule has 64 heavy (non-hydrogen) atoms. The Hall–Kier alpha value is -8.60. The molecular weight excluding hydrogens is 777 g/mol. The van der Waals surface area contributed by atoms with E-state index in [1.54, 1.807) is 0 Å². The van der Waals surface area contributed by atoms with E-state index in [0.717, 1.165) is 22.7 Å². The van der Waals surface area contributed by atoms with E-state index in [1.807, 2.05) is 0 Å². The van der Waals surface area contributed by atoms with Crippen LogP contribution in [0.3, 0.4) is 0 Å². The largest absolute Gasteiger partial charge is 0.309 e. The summed E-state index contributed by atoms with van der Waals surface area (Å²) in [7, 11) is 0. The van der Waals surface area contributed by atoms with Crippen molar-refractivity contribution in [2.24, 2.45) is 0 Å². The molecule has 0 spiro atoms. The standard InChI is InChI=1S/C60H38N4/c1-2-18-39(19-3-1)61-54-32-16-9-25-46(54)59-57(61)36-37-58-60(59)47-26-10-17-33-55(47)64(58)52-30-14-7-23-44(52)43-22-6-13-29-51(43)63-53-31-15-8-24-45(53)48-38-40(34-35-56(48)63)62-49-27-11-4-20-41(49)42-21-5-12-28-50(42)62/h1-38H. The highest BCUT2D eigenvalue weighted by Gasteiger charge is 2.23. The Balaban J connectivity index is 1.01. The van der Waals surface area contributed by atoms with Crippen LogP contribution in [0.5, 0.6) is 0 Å². The van der Waals surface area contributed by atoms with Gasteiger partial charge in [-0.2, -0.15) is 0 Å². The summed E-state index contributed by atoms with van der Waals surface area (Å²) in [4.78, 5) is 0. The van der Waals surface area contributed by atoms with E-state index < -0.39 is 0 Å². The summed E-state index contributed by atoms with van der Waals surface area (Å²) in [6.45, 7) is 0.